The summed E-state index contributed by atoms with van der Waals surface area (Å²) in [5.74, 6) is 0.0697. The predicted octanol–water partition coefficient (Wildman–Crippen LogP) is 3.38. The zero-order valence-electron chi connectivity index (χ0n) is 13.7. The molecule has 4 nitrogen and oxygen atoms in total. The van der Waals surface area contributed by atoms with Gasteiger partial charge in [0.05, 0.1) is 0 Å². The van der Waals surface area contributed by atoms with Crippen LogP contribution in [0, 0.1) is 0 Å². The summed E-state index contributed by atoms with van der Waals surface area (Å²) in [4.78, 5) is 26.7. The number of nitrogens with one attached hydrogen (secondary N) is 1. The summed E-state index contributed by atoms with van der Waals surface area (Å²) in [6.07, 6.45) is 9.17. The number of amides is 2. The standard InChI is InChI=1S/C19H26N2O2/c22-18(20-17-7-3-4-8-17)15-9-11-16(12-10-15)19(23)21-13-5-1-2-6-14-21/h9-12,17H,1-8,13-14H2,(H,20,22). The fourth-order valence-corrected chi connectivity index (χ4v) is 3.56. The van der Waals surface area contributed by atoms with Crippen LogP contribution in [-0.2, 0) is 0 Å². The van der Waals surface area contributed by atoms with Gasteiger partial charge in [-0.05, 0) is 49.9 Å². The Labute approximate surface area is 138 Å². The summed E-state index contributed by atoms with van der Waals surface area (Å²) in [5, 5.41) is 3.08. The Morgan fingerprint density at radius 3 is 2.00 bits per heavy atom. The van der Waals surface area contributed by atoms with Crippen molar-refractivity contribution >= 4 is 11.8 Å². The van der Waals surface area contributed by atoms with Crippen molar-refractivity contribution in [1.29, 1.82) is 0 Å². The van der Waals surface area contributed by atoms with Crippen molar-refractivity contribution in [3.8, 4) is 0 Å². The van der Waals surface area contributed by atoms with Gasteiger partial charge in [-0.1, -0.05) is 25.7 Å². The van der Waals surface area contributed by atoms with Crippen molar-refractivity contribution in [2.75, 3.05) is 13.1 Å². The van der Waals surface area contributed by atoms with Gasteiger partial charge in [-0.2, -0.15) is 0 Å². The number of hydrogen-bond donors (Lipinski definition) is 1. The number of rotatable bonds is 3. The summed E-state index contributed by atoms with van der Waals surface area (Å²) in [5.41, 5.74) is 1.33. The number of nitrogens with zero attached hydrogens (tertiary/aromatic N) is 1. The zero-order valence-corrected chi connectivity index (χ0v) is 13.7. The summed E-state index contributed by atoms with van der Waals surface area (Å²) >= 11 is 0. The van der Waals surface area contributed by atoms with Crippen molar-refractivity contribution in [2.24, 2.45) is 0 Å². The summed E-state index contributed by atoms with van der Waals surface area (Å²) in [6.45, 7) is 1.70. The van der Waals surface area contributed by atoms with Crippen LogP contribution >= 0.6 is 0 Å². The van der Waals surface area contributed by atoms with E-state index in [4.69, 9.17) is 0 Å². The van der Waals surface area contributed by atoms with Crippen LogP contribution in [-0.4, -0.2) is 35.8 Å². The van der Waals surface area contributed by atoms with Crippen LogP contribution in [0.25, 0.3) is 0 Å². The number of benzene rings is 1. The van der Waals surface area contributed by atoms with E-state index in [9.17, 15) is 9.59 Å². The molecule has 1 saturated carbocycles. The molecule has 0 unspecified atom stereocenters. The molecule has 23 heavy (non-hydrogen) atoms. The van der Waals surface area contributed by atoms with Crippen molar-refractivity contribution < 1.29 is 9.59 Å². The third kappa shape index (κ3) is 4.12. The zero-order chi connectivity index (χ0) is 16.1. The first-order chi connectivity index (χ1) is 11.2. The van der Waals surface area contributed by atoms with Gasteiger partial charge >= 0.3 is 0 Å². The van der Waals surface area contributed by atoms with Gasteiger partial charge in [0.2, 0.25) is 0 Å². The highest BCUT2D eigenvalue weighted by Gasteiger charge is 2.19. The van der Waals surface area contributed by atoms with Gasteiger partial charge in [0.15, 0.2) is 0 Å². The quantitative estimate of drug-likeness (QED) is 0.930. The topological polar surface area (TPSA) is 49.4 Å². The number of carbonyl (C=O) groups excluding carboxylic acids is 2. The van der Waals surface area contributed by atoms with Gasteiger partial charge in [0, 0.05) is 30.3 Å². The molecule has 124 valence electrons. The average Bonchev–Trinajstić information content (AvgIpc) is 2.94. The molecule has 1 aromatic rings. The smallest absolute Gasteiger partial charge is 0.253 e. The number of carbonyl (C=O) groups is 2. The highest BCUT2D eigenvalue weighted by Crippen LogP contribution is 2.18. The van der Waals surface area contributed by atoms with E-state index in [1.54, 1.807) is 24.3 Å². The number of likely N-dealkylation sites (tertiary alicyclic amines) is 1. The van der Waals surface area contributed by atoms with E-state index in [1.807, 2.05) is 4.90 Å². The Bertz CT molecular complexity index is 539. The molecule has 2 amide bonds. The van der Waals surface area contributed by atoms with Gasteiger partial charge in [0.1, 0.15) is 0 Å². The molecule has 4 heteroatoms. The summed E-state index contributed by atoms with van der Waals surface area (Å²) < 4.78 is 0. The SMILES string of the molecule is O=C(NC1CCCC1)c1ccc(C(=O)N2CCCCCC2)cc1. The van der Waals surface area contributed by atoms with Crippen LogP contribution in [0.2, 0.25) is 0 Å². The molecular weight excluding hydrogens is 288 g/mol. The van der Waals surface area contributed by atoms with Crippen molar-refractivity contribution in [3.63, 3.8) is 0 Å². The maximum atomic E-state index is 12.5. The minimum Gasteiger partial charge on any atom is -0.349 e. The van der Waals surface area contributed by atoms with Gasteiger partial charge in [-0.25, -0.2) is 0 Å². The van der Waals surface area contributed by atoms with E-state index in [2.05, 4.69) is 5.32 Å². The first-order valence-corrected chi connectivity index (χ1v) is 8.94. The van der Waals surface area contributed by atoms with Gasteiger partial charge in [-0.15, -0.1) is 0 Å². The van der Waals surface area contributed by atoms with E-state index in [1.165, 1.54) is 25.7 Å². The third-order valence-electron chi connectivity index (χ3n) is 4.98. The molecule has 2 fully saturated rings. The molecule has 1 aliphatic carbocycles. The Kier molecular flexibility index (Phi) is 5.31. The molecule has 0 atom stereocenters. The maximum Gasteiger partial charge on any atom is 0.253 e. The largest absolute Gasteiger partial charge is 0.349 e. The minimum absolute atomic E-state index is 0.0225. The normalized spacial score (nSPS) is 19.4. The van der Waals surface area contributed by atoms with Crippen LogP contribution in [0.5, 0.6) is 0 Å². The lowest BCUT2D eigenvalue weighted by atomic mass is 10.1. The predicted molar refractivity (Wildman–Crippen MR) is 90.5 cm³/mol. The first kappa shape index (κ1) is 16.0. The molecule has 1 saturated heterocycles. The van der Waals surface area contributed by atoms with Gasteiger partial charge in [0.25, 0.3) is 11.8 Å². The van der Waals surface area contributed by atoms with E-state index < -0.39 is 0 Å². The third-order valence-corrected chi connectivity index (χ3v) is 4.98. The monoisotopic (exact) mass is 314 g/mol. The average molecular weight is 314 g/mol. The highest BCUT2D eigenvalue weighted by molar-refractivity contribution is 5.97. The molecule has 1 N–H and O–H groups in total. The second kappa shape index (κ2) is 7.62. The Balaban J connectivity index is 1.61. The van der Waals surface area contributed by atoms with Crippen LogP contribution in [0.4, 0.5) is 0 Å². The Morgan fingerprint density at radius 1 is 0.826 bits per heavy atom. The molecule has 1 aliphatic heterocycles. The van der Waals surface area contributed by atoms with E-state index >= 15 is 0 Å². The molecule has 0 radical (unpaired) electrons. The van der Waals surface area contributed by atoms with Gasteiger partial charge < -0.3 is 10.2 Å². The lowest BCUT2D eigenvalue weighted by molar-refractivity contribution is 0.0761. The Hall–Kier alpha value is -1.84. The highest BCUT2D eigenvalue weighted by atomic mass is 16.2. The van der Waals surface area contributed by atoms with Crippen molar-refractivity contribution in [3.05, 3.63) is 35.4 Å². The van der Waals surface area contributed by atoms with Crippen LogP contribution in [0.3, 0.4) is 0 Å². The molecule has 1 aromatic carbocycles. The van der Waals surface area contributed by atoms with Crippen LogP contribution in [0.1, 0.15) is 72.1 Å². The fraction of sp³-hybridized carbons (Fsp3) is 0.579. The molecule has 0 bridgehead atoms. The lowest BCUT2D eigenvalue weighted by Gasteiger charge is -2.20. The summed E-state index contributed by atoms with van der Waals surface area (Å²) in [6, 6.07) is 7.44. The minimum atomic E-state index is -0.0225. The second-order valence-corrected chi connectivity index (χ2v) is 6.74. The van der Waals surface area contributed by atoms with E-state index in [0.29, 0.717) is 17.2 Å². The molecule has 2 aliphatic rings. The number of hydrogen-bond acceptors (Lipinski definition) is 2. The Morgan fingerprint density at radius 2 is 1.39 bits per heavy atom. The maximum absolute atomic E-state index is 12.5. The lowest BCUT2D eigenvalue weighted by Crippen LogP contribution is -2.33. The van der Waals surface area contributed by atoms with E-state index in [-0.39, 0.29) is 11.8 Å². The van der Waals surface area contributed by atoms with E-state index in [0.717, 1.165) is 38.8 Å². The molecule has 0 aromatic heterocycles. The molecule has 1 heterocycles. The van der Waals surface area contributed by atoms with Crippen LogP contribution < -0.4 is 5.32 Å². The second-order valence-electron chi connectivity index (χ2n) is 6.74. The molecular formula is C19H26N2O2. The summed E-state index contributed by atoms with van der Waals surface area (Å²) in [7, 11) is 0. The van der Waals surface area contributed by atoms with Crippen LogP contribution in [0.15, 0.2) is 24.3 Å². The fourth-order valence-electron chi connectivity index (χ4n) is 3.56. The molecule has 0 spiro atoms. The first-order valence-electron chi connectivity index (χ1n) is 8.94. The van der Waals surface area contributed by atoms with Gasteiger partial charge in [-0.3, -0.25) is 9.59 Å². The van der Waals surface area contributed by atoms with Crippen molar-refractivity contribution in [1.82, 2.24) is 10.2 Å². The molecule has 3 rings (SSSR count). The van der Waals surface area contributed by atoms with Crippen molar-refractivity contribution in [2.45, 2.75) is 57.4 Å².